The number of carbonyl (C=O) groups is 4. The van der Waals surface area contributed by atoms with Crippen molar-refractivity contribution in [2.75, 3.05) is 39.5 Å². The van der Waals surface area contributed by atoms with Crippen LogP contribution in [0.25, 0.3) is 11.0 Å². The van der Waals surface area contributed by atoms with E-state index in [1.54, 1.807) is 6.07 Å². The van der Waals surface area contributed by atoms with E-state index in [-0.39, 0.29) is 82.4 Å². The molecule has 0 aliphatic rings. The molecule has 3 aromatic rings. The van der Waals surface area contributed by atoms with E-state index >= 15 is 0 Å². The Hall–Kier alpha value is -5.55. The van der Waals surface area contributed by atoms with E-state index in [1.807, 2.05) is 0 Å². The smallest absolute Gasteiger partial charge is 0.336 e. The standard InChI is InChI=1S/C30H35N5O12/c31-30(42)22(13-18-1-4-24(37)23(14-18)35(43)44)34-27(39)6-5-26(38)32-7-9-45-11-12-46-10-8-33-28(40)15-19-16-29(41)47-25-17-20(36)2-3-21(19)25/h1-4,14,16-17,22,36-37H,5-13,15H2,(H2,31,42)(H,32,38)(H,33,40)(H,34,39)/t22-/m0/s1. The molecule has 0 spiro atoms. The number of rotatable bonds is 19. The number of hydrogen-bond acceptors (Lipinski definition) is 12. The summed E-state index contributed by atoms with van der Waals surface area (Å²) in [6, 6.07) is 7.89. The van der Waals surface area contributed by atoms with E-state index in [2.05, 4.69) is 16.0 Å². The molecular formula is C30H35N5O12. The third-order valence-electron chi connectivity index (χ3n) is 6.61. The number of amides is 4. The molecule has 2 aromatic carbocycles. The van der Waals surface area contributed by atoms with Crippen LogP contribution in [0.2, 0.25) is 0 Å². The number of aromatic hydroxyl groups is 2. The number of nitrogens with two attached hydrogens (primary N) is 1. The lowest BCUT2D eigenvalue weighted by molar-refractivity contribution is -0.385. The molecule has 17 heteroatoms. The van der Waals surface area contributed by atoms with Gasteiger partial charge >= 0.3 is 11.3 Å². The maximum atomic E-state index is 12.3. The Balaban J connectivity index is 1.23. The summed E-state index contributed by atoms with van der Waals surface area (Å²) in [5, 5.41) is 38.4. The Morgan fingerprint density at radius 3 is 2.21 bits per heavy atom. The monoisotopic (exact) mass is 657 g/mol. The van der Waals surface area contributed by atoms with Gasteiger partial charge in [-0.15, -0.1) is 0 Å². The molecule has 47 heavy (non-hydrogen) atoms. The van der Waals surface area contributed by atoms with Gasteiger partial charge in [0.05, 0.1) is 37.8 Å². The number of hydrogen-bond donors (Lipinski definition) is 6. The lowest BCUT2D eigenvalue weighted by Crippen LogP contribution is -2.46. The number of phenolic OH excluding ortho intramolecular Hbond substituents is 2. The summed E-state index contributed by atoms with van der Waals surface area (Å²) in [5.41, 5.74) is 5.11. The van der Waals surface area contributed by atoms with Gasteiger partial charge in [0.25, 0.3) is 0 Å². The van der Waals surface area contributed by atoms with Gasteiger partial charge in [-0.3, -0.25) is 29.3 Å². The van der Waals surface area contributed by atoms with E-state index < -0.39 is 45.7 Å². The number of primary amides is 1. The average Bonchev–Trinajstić information content (AvgIpc) is 3.00. The molecule has 3 rings (SSSR count). The number of phenols is 2. The van der Waals surface area contributed by atoms with Gasteiger partial charge < -0.3 is 45.8 Å². The molecular weight excluding hydrogens is 622 g/mol. The largest absolute Gasteiger partial charge is 0.508 e. The lowest BCUT2D eigenvalue weighted by atomic mass is 10.0. The van der Waals surface area contributed by atoms with Gasteiger partial charge in [-0.2, -0.15) is 0 Å². The highest BCUT2D eigenvalue weighted by molar-refractivity contribution is 5.89. The summed E-state index contributed by atoms with van der Waals surface area (Å²) in [6.07, 6.45) is -0.618. The molecule has 4 amide bonds. The van der Waals surface area contributed by atoms with Crippen molar-refractivity contribution < 1.29 is 48.2 Å². The van der Waals surface area contributed by atoms with Crippen LogP contribution in [0.3, 0.4) is 0 Å². The minimum atomic E-state index is -1.18. The molecule has 7 N–H and O–H groups in total. The number of nitro benzene ring substituents is 1. The number of nitrogens with one attached hydrogen (secondary N) is 3. The number of carbonyl (C=O) groups excluding carboxylic acids is 4. The van der Waals surface area contributed by atoms with Gasteiger partial charge in [-0.25, -0.2) is 4.79 Å². The Bertz CT molecular complexity index is 1660. The molecule has 1 aromatic heterocycles. The van der Waals surface area contributed by atoms with Gasteiger partial charge in [-0.1, -0.05) is 6.07 Å². The van der Waals surface area contributed by atoms with E-state index in [1.165, 1.54) is 24.3 Å². The summed E-state index contributed by atoms with van der Waals surface area (Å²) >= 11 is 0. The number of benzene rings is 2. The molecule has 252 valence electrons. The van der Waals surface area contributed by atoms with E-state index in [0.29, 0.717) is 16.5 Å². The predicted molar refractivity (Wildman–Crippen MR) is 164 cm³/mol. The van der Waals surface area contributed by atoms with Gasteiger partial charge in [0.2, 0.25) is 23.6 Å². The zero-order chi connectivity index (χ0) is 34.3. The van der Waals surface area contributed by atoms with Crippen LogP contribution < -0.4 is 27.3 Å². The number of nitrogens with zero attached hydrogens (tertiary/aromatic N) is 1. The summed E-state index contributed by atoms with van der Waals surface area (Å²) in [6.45, 7) is 1.25. The highest BCUT2D eigenvalue weighted by Crippen LogP contribution is 2.27. The molecule has 0 fully saturated rings. The second-order valence-corrected chi connectivity index (χ2v) is 10.2. The summed E-state index contributed by atoms with van der Waals surface area (Å²) < 4.78 is 15.8. The molecule has 1 atom stereocenters. The Morgan fingerprint density at radius 1 is 0.894 bits per heavy atom. The van der Waals surface area contributed by atoms with Crippen molar-refractivity contribution in [1.82, 2.24) is 16.0 Å². The maximum absolute atomic E-state index is 12.3. The van der Waals surface area contributed by atoms with Crippen molar-refractivity contribution in [3.63, 3.8) is 0 Å². The highest BCUT2D eigenvalue weighted by atomic mass is 16.6. The SMILES string of the molecule is NC(=O)[C@H](Cc1ccc(O)c([N+](=O)[O-])c1)NC(=O)CCC(=O)NCCOCCOCCNC(=O)Cc1cc(=O)oc2cc(O)ccc12. The number of nitro groups is 1. The fraction of sp³-hybridized carbons (Fsp3) is 0.367. The third kappa shape index (κ3) is 12.0. The maximum Gasteiger partial charge on any atom is 0.336 e. The summed E-state index contributed by atoms with van der Waals surface area (Å²) in [4.78, 5) is 70.4. The summed E-state index contributed by atoms with van der Waals surface area (Å²) in [7, 11) is 0. The van der Waals surface area contributed by atoms with Crippen molar-refractivity contribution in [3.8, 4) is 11.5 Å². The molecule has 0 unspecified atom stereocenters. The molecule has 1 heterocycles. The molecule has 0 saturated carbocycles. The second-order valence-electron chi connectivity index (χ2n) is 10.2. The van der Waals surface area contributed by atoms with Crippen molar-refractivity contribution in [2.45, 2.75) is 31.7 Å². The topological polar surface area (TPSA) is 263 Å². The van der Waals surface area contributed by atoms with Crippen molar-refractivity contribution >= 4 is 40.3 Å². The van der Waals surface area contributed by atoms with Crippen LogP contribution in [0.4, 0.5) is 5.69 Å². The molecule has 0 bridgehead atoms. The lowest BCUT2D eigenvalue weighted by Gasteiger charge is -2.15. The van der Waals surface area contributed by atoms with Gasteiger partial charge in [-0.05, 0) is 29.3 Å². The first-order chi connectivity index (χ1) is 22.4. The normalized spacial score (nSPS) is 11.5. The van der Waals surface area contributed by atoms with Crippen LogP contribution >= 0.6 is 0 Å². The van der Waals surface area contributed by atoms with Crippen LogP contribution in [0.1, 0.15) is 24.0 Å². The fourth-order valence-corrected chi connectivity index (χ4v) is 4.33. The van der Waals surface area contributed by atoms with Crippen LogP contribution in [-0.4, -0.2) is 84.3 Å². The van der Waals surface area contributed by atoms with Gasteiger partial charge in [0.1, 0.15) is 17.4 Å². The van der Waals surface area contributed by atoms with Crippen molar-refractivity contribution in [2.24, 2.45) is 5.73 Å². The quantitative estimate of drug-likeness (QED) is 0.0428. The molecule has 0 aliphatic heterocycles. The first-order valence-electron chi connectivity index (χ1n) is 14.4. The Morgan fingerprint density at radius 2 is 1.55 bits per heavy atom. The van der Waals surface area contributed by atoms with Crippen molar-refractivity contribution in [1.29, 1.82) is 0 Å². The second kappa shape index (κ2) is 17.8. The van der Waals surface area contributed by atoms with Crippen LogP contribution in [0, 0.1) is 10.1 Å². The number of ether oxygens (including phenoxy) is 2. The van der Waals surface area contributed by atoms with E-state index in [4.69, 9.17) is 19.6 Å². The van der Waals surface area contributed by atoms with Crippen molar-refractivity contribution in [3.05, 3.63) is 74.1 Å². The summed E-state index contributed by atoms with van der Waals surface area (Å²) in [5.74, 6) is -2.85. The Labute approximate surface area is 267 Å². The average molecular weight is 658 g/mol. The first kappa shape index (κ1) is 35.9. The van der Waals surface area contributed by atoms with Gasteiger partial charge in [0, 0.05) is 55.9 Å². The number of fused-ring (bicyclic) bond motifs is 1. The van der Waals surface area contributed by atoms with E-state index in [0.717, 1.165) is 12.1 Å². The zero-order valence-corrected chi connectivity index (χ0v) is 25.2. The van der Waals surface area contributed by atoms with Crippen LogP contribution in [0.5, 0.6) is 11.5 Å². The molecule has 0 saturated heterocycles. The first-order valence-corrected chi connectivity index (χ1v) is 14.4. The Kier molecular flexibility index (Phi) is 13.6. The zero-order valence-electron chi connectivity index (χ0n) is 25.2. The van der Waals surface area contributed by atoms with Gasteiger partial charge in [0.15, 0.2) is 5.75 Å². The van der Waals surface area contributed by atoms with E-state index in [9.17, 15) is 44.3 Å². The van der Waals surface area contributed by atoms with Crippen LogP contribution in [-0.2, 0) is 41.5 Å². The molecule has 0 radical (unpaired) electrons. The minimum Gasteiger partial charge on any atom is -0.508 e. The fourth-order valence-electron chi connectivity index (χ4n) is 4.33. The highest BCUT2D eigenvalue weighted by Gasteiger charge is 2.21. The predicted octanol–water partition coefficient (Wildman–Crippen LogP) is -0.0865. The van der Waals surface area contributed by atoms with Crippen LogP contribution in [0.15, 0.2) is 51.7 Å². The molecule has 17 nitrogen and oxygen atoms in total. The molecule has 0 aliphatic carbocycles. The minimum absolute atomic E-state index is 0.0597. The third-order valence-corrected chi connectivity index (χ3v) is 6.61.